The molecule has 0 amide bonds. The summed E-state index contributed by atoms with van der Waals surface area (Å²) in [5.74, 6) is -1.57. The number of rotatable bonds is 15. The van der Waals surface area contributed by atoms with Crippen LogP contribution in [0.1, 0.15) is 30.9 Å². The fraction of sp³-hybridized carbons (Fsp3) is 0.229. The first kappa shape index (κ1) is 32.7. The molecule has 3 rings (SSSR count). The van der Waals surface area contributed by atoms with Crippen molar-refractivity contribution in [2.75, 3.05) is 27.4 Å². The highest BCUT2D eigenvalue weighted by Gasteiger charge is 2.17. The summed E-state index contributed by atoms with van der Waals surface area (Å²) >= 11 is 0. The Labute approximate surface area is 252 Å². The summed E-state index contributed by atoms with van der Waals surface area (Å²) in [6.07, 6.45) is 6.22. The Bertz CT molecular complexity index is 1470. The molecule has 3 aromatic rings. The van der Waals surface area contributed by atoms with Crippen LogP contribution in [0.25, 0.3) is 17.2 Å². The summed E-state index contributed by atoms with van der Waals surface area (Å²) in [4.78, 5) is 37.4. The van der Waals surface area contributed by atoms with Gasteiger partial charge in [0.05, 0.1) is 24.4 Å². The average molecular weight is 585 g/mol. The predicted molar refractivity (Wildman–Crippen MR) is 165 cm³/mol. The van der Waals surface area contributed by atoms with Gasteiger partial charge in [0.2, 0.25) is 0 Å². The topological polar surface area (TPSA) is 97.4 Å². The van der Waals surface area contributed by atoms with Crippen LogP contribution in [0.4, 0.5) is 0 Å². The average Bonchev–Trinajstić information content (AvgIpc) is 3.01. The van der Waals surface area contributed by atoms with Gasteiger partial charge in [-0.3, -0.25) is 0 Å². The number of aryl methyl sites for hydroxylation is 1. The molecule has 0 spiro atoms. The van der Waals surface area contributed by atoms with Crippen molar-refractivity contribution in [3.05, 3.63) is 108 Å². The van der Waals surface area contributed by atoms with Gasteiger partial charge in [-0.05, 0) is 65.4 Å². The summed E-state index contributed by atoms with van der Waals surface area (Å²) in [7, 11) is 2.90. The second-order valence-electron chi connectivity index (χ2n) is 9.64. The van der Waals surface area contributed by atoms with Crippen molar-refractivity contribution in [1.82, 2.24) is 0 Å². The van der Waals surface area contributed by atoms with E-state index in [0.29, 0.717) is 11.3 Å². The van der Waals surface area contributed by atoms with Gasteiger partial charge in [-0.15, -0.1) is 0 Å². The Balaban J connectivity index is 1.81. The van der Waals surface area contributed by atoms with E-state index in [0.717, 1.165) is 30.4 Å². The van der Waals surface area contributed by atoms with E-state index < -0.39 is 17.9 Å². The lowest BCUT2D eigenvalue weighted by atomic mass is 10.0. The van der Waals surface area contributed by atoms with Crippen molar-refractivity contribution in [2.24, 2.45) is 0 Å². The van der Waals surface area contributed by atoms with Crippen LogP contribution in [0.3, 0.4) is 0 Å². The zero-order chi connectivity index (χ0) is 31.2. The summed E-state index contributed by atoms with van der Waals surface area (Å²) < 4.78 is 26.3. The zero-order valence-corrected chi connectivity index (χ0v) is 24.7. The molecule has 0 fully saturated rings. The Morgan fingerprint density at radius 2 is 1.33 bits per heavy atom. The highest BCUT2D eigenvalue weighted by atomic mass is 16.6. The minimum atomic E-state index is -0.716. The van der Waals surface area contributed by atoms with Gasteiger partial charge in [0.15, 0.2) is 11.5 Å². The highest BCUT2D eigenvalue weighted by Crippen LogP contribution is 2.34. The van der Waals surface area contributed by atoms with Crippen LogP contribution in [-0.4, -0.2) is 45.3 Å². The predicted octanol–water partition coefficient (Wildman–Crippen LogP) is 6.53. The van der Waals surface area contributed by atoms with E-state index in [9.17, 15) is 14.4 Å². The van der Waals surface area contributed by atoms with E-state index >= 15 is 0 Å². The SMILES string of the molecule is C=C(COC)C(=O)Oc1ccc(-c2ccc(OC(=O)C(=C)COC)c(OC(=O)/C=C/c3ccc(CCCC)cc3)c2)cc1. The third-order valence-corrected chi connectivity index (χ3v) is 6.18. The normalized spacial score (nSPS) is 10.8. The smallest absolute Gasteiger partial charge is 0.341 e. The minimum absolute atomic E-state index is 0.0122. The number of methoxy groups -OCH3 is 2. The minimum Gasteiger partial charge on any atom is -0.423 e. The van der Waals surface area contributed by atoms with E-state index in [1.165, 1.54) is 31.9 Å². The Morgan fingerprint density at radius 1 is 0.721 bits per heavy atom. The van der Waals surface area contributed by atoms with Gasteiger partial charge in [0, 0.05) is 20.3 Å². The quantitative estimate of drug-likeness (QED) is 0.113. The van der Waals surface area contributed by atoms with Crippen LogP contribution in [0.15, 0.2) is 97.1 Å². The van der Waals surface area contributed by atoms with Crippen LogP contribution in [0.5, 0.6) is 17.2 Å². The number of carbonyl (C=O) groups is 3. The first-order valence-electron chi connectivity index (χ1n) is 13.7. The highest BCUT2D eigenvalue weighted by molar-refractivity contribution is 5.92. The van der Waals surface area contributed by atoms with E-state index in [1.807, 2.05) is 24.3 Å². The molecule has 0 bridgehead atoms. The molecule has 3 aromatic carbocycles. The zero-order valence-electron chi connectivity index (χ0n) is 24.7. The molecule has 224 valence electrons. The molecule has 0 saturated heterocycles. The second kappa shape index (κ2) is 16.6. The monoisotopic (exact) mass is 584 g/mol. The first-order chi connectivity index (χ1) is 20.7. The van der Waals surface area contributed by atoms with Crippen LogP contribution in [0, 0.1) is 0 Å². The molecule has 0 aliphatic carbocycles. The summed E-state index contributed by atoms with van der Waals surface area (Å²) in [6, 6.07) is 19.5. The van der Waals surface area contributed by atoms with Crippen molar-refractivity contribution in [2.45, 2.75) is 26.2 Å². The van der Waals surface area contributed by atoms with Crippen molar-refractivity contribution in [3.63, 3.8) is 0 Å². The van der Waals surface area contributed by atoms with Gasteiger partial charge in [-0.1, -0.05) is 69.0 Å². The largest absolute Gasteiger partial charge is 0.423 e. The molecule has 0 N–H and O–H groups in total. The number of esters is 3. The molecule has 8 nitrogen and oxygen atoms in total. The van der Waals surface area contributed by atoms with E-state index in [1.54, 1.807) is 42.5 Å². The van der Waals surface area contributed by atoms with Crippen LogP contribution in [-0.2, 0) is 30.3 Å². The molecule has 8 heteroatoms. The number of benzene rings is 3. The van der Waals surface area contributed by atoms with Gasteiger partial charge in [-0.25, -0.2) is 14.4 Å². The molecule has 0 unspecified atom stereocenters. The molecule has 0 aromatic heterocycles. The molecule has 0 aliphatic rings. The molecular weight excluding hydrogens is 548 g/mol. The third kappa shape index (κ3) is 10.2. The lowest BCUT2D eigenvalue weighted by Crippen LogP contribution is -2.15. The van der Waals surface area contributed by atoms with Crippen LogP contribution >= 0.6 is 0 Å². The molecule has 0 radical (unpaired) electrons. The fourth-order valence-corrected chi connectivity index (χ4v) is 3.87. The second-order valence-corrected chi connectivity index (χ2v) is 9.64. The van der Waals surface area contributed by atoms with E-state index in [4.69, 9.17) is 23.7 Å². The maximum atomic E-state index is 12.8. The number of hydrogen-bond acceptors (Lipinski definition) is 8. The molecule has 0 aliphatic heterocycles. The molecular formula is C35H36O8. The lowest BCUT2D eigenvalue weighted by molar-refractivity contribution is -0.132. The maximum Gasteiger partial charge on any atom is 0.341 e. The number of hydrogen-bond donors (Lipinski definition) is 0. The number of ether oxygens (including phenoxy) is 5. The van der Waals surface area contributed by atoms with E-state index in [-0.39, 0.29) is 35.9 Å². The van der Waals surface area contributed by atoms with Crippen LogP contribution < -0.4 is 14.2 Å². The standard InChI is InChI=1S/C35H36O8/c1-6-7-8-26-9-11-27(12-10-26)13-20-33(36)42-32-21-29(16-19-31(32)43-35(38)25(3)23-40-5)28-14-17-30(18-15-28)41-34(37)24(2)22-39-4/h9-21H,2-3,6-8,22-23H2,1,4-5H3/b20-13+. The third-order valence-electron chi connectivity index (χ3n) is 6.18. The number of unbranched alkanes of at least 4 members (excludes halogenated alkanes) is 1. The Morgan fingerprint density at radius 3 is 1.93 bits per heavy atom. The van der Waals surface area contributed by atoms with Gasteiger partial charge >= 0.3 is 17.9 Å². The molecule has 0 atom stereocenters. The summed E-state index contributed by atoms with van der Waals surface area (Å²) in [6.45, 7) is 9.51. The van der Waals surface area contributed by atoms with E-state index in [2.05, 4.69) is 20.1 Å². The van der Waals surface area contributed by atoms with Gasteiger partial charge < -0.3 is 23.7 Å². The fourth-order valence-electron chi connectivity index (χ4n) is 3.87. The first-order valence-corrected chi connectivity index (χ1v) is 13.7. The van der Waals surface area contributed by atoms with Gasteiger partial charge in [0.1, 0.15) is 5.75 Å². The lowest BCUT2D eigenvalue weighted by Gasteiger charge is -2.13. The Kier molecular flexibility index (Phi) is 12.6. The summed E-state index contributed by atoms with van der Waals surface area (Å²) in [5.41, 5.74) is 3.77. The van der Waals surface area contributed by atoms with Gasteiger partial charge in [-0.2, -0.15) is 0 Å². The molecule has 0 saturated carbocycles. The number of carbonyl (C=O) groups excluding carboxylic acids is 3. The Hall–Kier alpha value is -4.79. The summed E-state index contributed by atoms with van der Waals surface area (Å²) in [5, 5.41) is 0. The van der Waals surface area contributed by atoms with Crippen molar-refractivity contribution in [1.29, 1.82) is 0 Å². The van der Waals surface area contributed by atoms with Crippen molar-refractivity contribution >= 4 is 24.0 Å². The van der Waals surface area contributed by atoms with Crippen molar-refractivity contribution < 1.29 is 38.1 Å². The molecule has 43 heavy (non-hydrogen) atoms. The molecule has 0 heterocycles. The van der Waals surface area contributed by atoms with Gasteiger partial charge in [0.25, 0.3) is 0 Å². The van der Waals surface area contributed by atoms with Crippen molar-refractivity contribution in [3.8, 4) is 28.4 Å². The van der Waals surface area contributed by atoms with Crippen LogP contribution in [0.2, 0.25) is 0 Å². The maximum absolute atomic E-state index is 12.8.